The molecule has 0 aliphatic carbocycles. The lowest BCUT2D eigenvalue weighted by molar-refractivity contribution is -0.153. The monoisotopic (exact) mass is 353 g/mol. The average molecular weight is 353 g/mol. The second-order valence-electron chi connectivity index (χ2n) is 6.31. The number of nitrogens with zero attached hydrogens (tertiary/aromatic N) is 2. The highest BCUT2D eigenvalue weighted by Crippen LogP contribution is 2.27. The van der Waals surface area contributed by atoms with Crippen molar-refractivity contribution in [2.75, 3.05) is 12.1 Å². The summed E-state index contributed by atoms with van der Waals surface area (Å²) in [4.78, 5) is 27.8. The lowest BCUT2D eigenvalue weighted by Crippen LogP contribution is -2.28. The summed E-state index contributed by atoms with van der Waals surface area (Å²) < 4.78 is 12.6. The predicted octanol–water partition coefficient (Wildman–Crippen LogP) is 2.48. The Bertz CT molecular complexity index is 613. The topological polar surface area (TPSA) is 103 Å². The Morgan fingerprint density at radius 3 is 2.76 bits per heavy atom. The predicted molar refractivity (Wildman–Crippen MR) is 91.3 cm³/mol. The molecule has 0 spiro atoms. The normalized spacial score (nSPS) is 20.0. The fourth-order valence-corrected chi connectivity index (χ4v) is 3.08. The molecule has 1 aliphatic heterocycles. The first kappa shape index (κ1) is 19.4. The van der Waals surface area contributed by atoms with Gasteiger partial charge in [0.2, 0.25) is 0 Å². The summed E-state index contributed by atoms with van der Waals surface area (Å²) in [5.41, 5.74) is 1.33. The molecule has 8 heteroatoms. The third-order valence-corrected chi connectivity index (χ3v) is 4.36. The molecule has 8 nitrogen and oxygen atoms in total. The molecule has 0 radical (unpaired) electrons. The van der Waals surface area contributed by atoms with Crippen LogP contribution in [0.15, 0.2) is 17.1 Å². The number of hydrogen-bond acceptors (Lipinski definition) is 7. The number of ether oxygens (including phenoxy) is 2. The Morgan fingerprint density at radius 2 is 2.16 bits per heavy atom. The molecule has 2 rings (SSSR count). The maximum absolute atomic E-state index is 12.2. The molecule has 2 heterocycles. The molecule has 1 aromatic rings. The van der Waals surface area contributed by atoms with Gasteiger partial charge in [-0.2, -0.15) is 4.98 Å². The number of rotatable bonds is 9. The van der Waals surface area contributed by atoms with E-state index in [0.29, 0.717) is 12.8 Å². The average Bonchev–Trinajstić information content (AvgIpc) is 3.08. The van der Waals surface area contributed by atoms with Crippen LogP contribution in [0.2, 0.25) is 0 Å². The highest BCUT2D eigenvalue weighted by atomic mass is 16.6. The van der Waals surface area contributed by atoms with Gasteiger partial charge in [0.15, 0.2) is 5.82 Å². The zero-order chi connectivity index (χ0) is 18.2. The number of aromatic nitrogens is 2. The van der Waals surface area contributed by atoms with E-state index in [4.69, 9.17) is 14.7 Å². The highest BCUT2D eigenvalue weighted by molar-refractivity contribution is 5.72. The molecule has 0 aromatic carbocycles. The molecule has 25 heavy (non-hydrogen) atoms. The smallest absolute Gasteiger partial charge is 0.351 e. The summed E-state index contributed by atoms with van der Waals surface area (Å²) in [6, 6.07) is 1.48. The molecule has 1 aliphatic rings. The van der Waals surface area contributed by atoms with E-state index in [0.717, 1.165) is 25.7 Å². The van der Waals surface area contributed by atoms with Gasteiger partial charge in [0.1, 0.15) is 12.8 Å². The Balaban J connectivity index is 1.86. The molecule has 1 saturated heterocycles. The minimum Gasteiger partial charge on any atom is -0.463 e. The van der Waals surface area contributed by atoms with Crippen LogP contribution >= 0.6 is 0 Å². The SMILES string of the molecule is CCCC(CCC)C(=O)OCC1CCC(n2ccc(NO)nc2=O)O1. The van der Waals surface area contributed by atoms with Gasteiger partial charge in [-0.1, -0.05) is 26.7 Å². The molecule has 1 fully saturated rings. The van der Waals surface area contributed by atoms with Crippen molar-refractivity contribution in [3.8, 4) is 0 Å². The standard InChI is InChI=1S/C17H27N3O5/c1-3-5-12(6-4-2)16(21)24-11-13-7-8-15(25-13)20-10-9-14(19-23)18-17(20)22/h9-10,12-13,15,23H,3-8,11H2,1-2H3,(H,18,19,22). The first-order chi connectivity index (χ1) is 12.1. The summed E-state index contributed by atoms with van der Waals surface area (Å²) in [5.74, 6) is -0.117. The summed E-state index contributed by atoms with van der Waals surface area (Å²) >= 11 is 0. The van der Waals surface area contributed by atoms with Crippen molar-refractivity contribution in [2.24, 2.45) is 5.92 Å². The van der Waals surface area contributed by atoms with Gasteiger partial charge in [0.25, 0.3) is 0 Å². The molecule has 0 amide bonds. The van der Waals surface area contributed by atoms with Crippen LogP contribution < -0.4 is 11.2 Å². The van der Waals surface area contributed by atoms with Gasteiger partial charge in [-0.15, -0.1) is 0 Å². The number of nitrogens with one attached hydrogen (secondary N) is 1. The lowest BCUT2D eigenvalue weighted by atomic mass is 9.99. The number of anilines is 1. The Kier molecular flexibility index (Phi) is 7.39. The van der Waals surface area contributed by atoms with Gasteiger partial charge in [0, 0.05) is 6.20 Å². The molecule has 1 aromatic heterocycles. The van der Waals surface area contributed by atoms with Crippen molar-refractivity contribution < 1.29 is 19.5 Å². The van der Waals surface area contributed by atoms with E-state index in [2.05, 4.69) is 18.8 Å². The largest absolute Gasteiger partial charge is 0.463 e. The second-order valence-corrected chi connectivity index (χ2v) is 6.31. The van der Waals surface area contributed by atoms with Crippen molar-refractivity contribution in [1.82, 2.24) is 9.55 Å². The molecule has 2 N–H and O–H groups in total. The first-order valence-corrected chi connectivity index (χ1v) is 8.90. The van der Waals surface area contributed by atoms with Crippen LogP contribution in [0.5, 0.6) is 0 Å². The minimum atomic E-state index is -0.507. The van der Waals surface area contributed by atoms with Gasteiger partial charge in [0.05, 0.1) is 12.0 Å². The van der Waals surface area contributed by atoms with E-state index in [-0.39, 0.29) is 30.4 Å². The van der Waals surface area contributed by atoms with E-state index in [9.17, 15) is 9.59 Å². The molecule has 2 atom stereocenters. The number of esters is 1. The van der Waals surface area contributed by atoms with Gasteiger partial charge < -0.3 is 9.47 Å². The zero-order valence-corrected chi connectivity index (χ0v) is 14.8. The lowest BCUT2D eigenvalue weighted by Gasteiger charge is -2.18. The summed E-state index contributed by atoms with van der Waals surface area (Å²) in [6.45, 7) is 4.33. The Hall–Kier alpha value is -1.93. The van der Waals surface area contributed by atoms with Crippen molar-refractivity contribution in [1.29, 1.82) is 0 Å². The van der Waals surface area contributed by atoms with E-state index >= 15 is 0 Å². The molecular formula is C17H27N3O5. The zero-order valence-electron chi connectivity index (χ0n) is 14.8. The van der Waals surface area contributed by atoms with Crippen LogP contribution in [0, 0.1) is 5.92 Å². The van der Waals surface area contributed by atoms with Crippen LogP contribution in [0.3, 0.4) is 0 Å². The first-order valence-electron chi connectivity index (χ1n) is 8.90. The van der Waals surface area contributed by atoms with E-state index in [1.807, 2.05) is 5.48 Å². The molecule has 0 saturated carbocycles. The highest BCUT2D eigenvalue weighted by Gasteiger charge is 2.29. The van der Waals surface area contributed by atoms with Crippen LogP contribution in [0.4, 0.5) is 5.82 Å². The van der Waals surface area contributed by atoms with Crippen molar-refractivity contribution in [3.63, 3.8) is 0 Å². The van der Waals surface area contributed by atoms with Gasteiger partial charge >= 0.3 is 11.7 Å². The Labute approximate surface area is 147 Å². The van der Waals surface area contributed by atoms with E-state index in [1.165, 1.54) is 16.8 Å². The van der Waals surface area contributed by atoms with E-state index in [1.54, 1.807) is 0 Å². The Morgan fingerprint density at radius 1 is 1.44 bits per heavy atom. The fraction of sp³-hybridized carbons (Fsp3) is 0.706. The van der Waals surface area contributed by atoms with Crippen molar-refractivity contribution in [3.05, 3.63) is 22.7 Å². The third-order valence-electron chi connectivity index (χ3n) is 4.36. The molecule has 140 valence electrons. The van der Waals surface area contributed by atoms with Gasteiger partial charge in [-0.3, -0.25) is 20.0 Å². The maximum Gasteiger partial charge on any atom is 0.351 e. The van der Waals surface area contributed by atoms with Crippen LogP contribution in [0.1, 0.15) is 58.6 Å². The van der Waals surface area contributed by atoms with Crippen molar-refractivity contribution >= 4 is 11.8 Å². The fourth-order valence-electron chi connectivity index (χ4n) is 3.08. The van der Waals surface area contributed by atoms with Crippen molar-refractivity contribution in [2.45, 2.75) is 64.7 Å². The summed E-state index contributed by atoms with van der Waals surface area (Å²) in [6.07, 6.45) is 5.80. The third kappa shape index (κ3) is 5.27. The molecule has 0 bridgehead atoms. The summed E-state index contributed by atoms with van der Waals surface area (Å²) in [5, 5.41) is 8.76. The van der Waals surface area contributed by atoms with Gasteiger partial charge in [-0.05, 0) is 31.7 Å². The van der Waals surface area contributed by atoms with E-state index < -0.39 is 11.9 Å². The summed E-state index contributed by atoms with van der Waals surface area (Å²) in [7, 11) is 0. The number of carbonyl (C=O) groups is 1. The number of hydrogen-bond donors (Lipinski definition) is 2. The van der Waals surface area contributed by atoms with Crippen LogP contribution in [-0.2, 0) is 14.3 Å². The number of carbonyl (C=O) groups excluding carboxylic acids is 1. The van der Waals surface area contributed by atoms with Crippen LogP contribution in [-0.4, -0.2) is 33.4 Å². The minimum absolute atomic E-state index is 0.0439. The maximum atomic E-state index is 12.2. The quantitative estimate of drug-likeness (QED) is 0.519. The second kappa shape index (κ2) is 9.53. The van der Waals surface area contributed by atoms with Crippen LogP contribution in [0.25, 0.3) is 0 Å². The molecular weight excluding hydrogens is 326 g/mol. The van der Waals surface area contributed by atoms with Gasteiger partial charge in [-0.25, -0.2) is 4.79 Å². The molecule has 2 unspecified atom stereocenters.